The second kappa shape index (κ2) is 8.37. The molecule has 94 valence electrons. The molecule has 0 aromatic heterocycles. The van der Waals surface area contributed by atoms with Crippen molar-refractivity contribution in [2.75, 3.05) is 38.8 Å². The molecule has 6 nitrogen and oxygen atoms in total. The van der Waals surface area contributed by atoms with Crippen molar-refractivity contribution in [3.8, 4) is 0 Å². The number of carboxylic acid groups (broad SMARTS) is 1. The van der Waals surface area contributed by atoms with Crippen molar-refractivity contribution in [3.63, 3.8) is 0 Å². The van der Waals surface area contributed by atoms with Gasteiger partial charge in [0.25, 0.3) is 0 Å². The molecule has 0 saturated heterocycles. The van der Waals surface area contributed by atoms with Crippen LogP contribution in [0.2, 0.25) is 0 Å². The van der Waals surface area contributed by atoms with E-state index >= 15 is 0 Å². The third kappa shape index (κ3) is 7.49. The van der Waals surface area contributed by atoms with Gasteiger partial charge in [-0.3, -0.25) is 9.59 Å². The highest BCUT2D eigenvalue weighted by atomic mass is 32.2. The van der Waals surface area contributed by atoms with Crippen molar-refractivity contribution < 1.29 is 24.5 Å². The molecule has 0 aliphatic rings. The number of hydrogen-bond acceptors (Lipinski definition) is 5. The fourth-order valence-electron chi connectivity index (χ4n) is 0.999. The van der Waals surface area contributed by atoms with Crippen molar-refractivity contribution in [1.82, 2.24) is 4.90 Å². The molecule has 0 bridgehead atoms. The summed E-state index contributed by atoms with van der Waals surface area (Å²) in [5, 5.41) is 17.7. The quantitative estimate of drug-likeness (QED) is 0.591. The first-order valence-corrected chi connectivity index (χ1v) is 5.83. The Labute approximate surface area is 98.6 Å². The lowest BCUT2D eigenvalue weighted by molar-refractivity contribution is -0.133. The Morgan fingerprint density at radius 2 is 2.06 bits per heavy atom. The van der Waals surface area contributed by atoms with E-state index in [-0.39, 0.29) is 30.6 Å². The Bertz CT molecular complexity index is 236. The largest absolute Gasteiger partial charge is 0.481 e. The molecule has 0 fully saturated rings. The summed E-state index contributed by atoms with van der Waals surface area (Å²) in [5.41, 5.74) is 0. The zero-order valence-electron chi connectivity index (χ0n) is 9.38. The average molecular weight is 251 g/mol. The molecular weight excluding hydrogens is 234 g/mol. The normalized spacial score (nSPS) is 12.2. The Kier molecular flexibility index (Phi) is 7.96. The second-order valence-corrected chi connectivity index (χ2v) is 4.26. The van der Waals surface area contributed by atoms with Gasteiger partial charge in [-0.25, -0.2) is 0 Å². The van der Waals surface area contributed by atoms with E-state index in [0.717, 1.165) is 11.8 Å². The molecular formula is C9H17NO5S. The zero-order chi connectivity index (χ0) is 12.6. The molecule has 1 atom stereocenters. The Morgan fingerprint density at radius 1 is 1.44 bits per heavy atom. The fraction of sp³-hybridized carbons (Fsp3) is 0.778. The van der Waals surface area contributed by atoms with Crippen LogP contribution in [0.25, 0.3) is 0 Å². The van der Waals surface area contributed by atoms with Gasteiger partial charge in [0, 0.05) is 20.7 Å². The van der Waals surface area contributed by atoms with Crippen LogP contribution in [-0.4, -0.2) is 71.9 Å². The number of likely N-dealkylation sites (N-methyl/N-ethyl adjacent to an activating group) is 1. The molecule has 0 rings (SSSR count). The van der Waals surface area contributed by atoms with Gasteiger partial charge in [0.2, 0.25) is 5.91 Å². The first-order valence-electron chi connectivity index (χ1n) is 4.67. The van der Waals surface area contributed by atoms with E-state index in [1.54, 1.807) is 7.05 Å². The van der Waals surface area contributed by atoms with Crippen molar-refractivity contribution in [2.24, 2.45) is 0 Å². The maximum Gasteiger partial charge on any atom is 0.313 e. The highest BCUT2D eigenvalue weighted by Crippen LogP contribution is 2.02. The summed E-state index contributed by atoms with van der Waals surface area (Å²) in [5.74, 6) is -1.15. The molecule has 1 amide bonds. The summed E-state index contributed by atoms with van der Waals surface area (Å²) in [6.45, 7) is 0.347. The Morgan fingerprint density at radius 3 is 2.56 bits per heavy atom. The van der Waals surface area contributed by atoms with Crippen LogP contribution in [-0.2, 0) is 14.3 Å². The number of carbonyl (C=O) groups excluding carboxylic acids is 1. The van der Waals surface area contributed by atoms with Crippen molar-refractivity contribution in [3.05, 3.63) is 0 Å². The van der Waals surface area contributed by atoms with Crippen molar-refractivity contribution >= 4 is 23.6 Å². The van der Waals surface area contributed by atoms with Gasteiger partial charge in [-0.15, -0.1) is 11.8 Å². The highest BCUT2D eigenvalue weighted by Gasteiger charge is 2.13. The Balaban J connectivity index is 3.76. The van der Waals surface area contributed by atoms with Gasteiger partial charge in [0.15, 0.2) is 0 Å². The number of carboxylic acids is 1. The molecule has 0 aromatic carbocycles. The van der Waals surface area contributed by atoms with Crippen LogP contribution in [0.3, 0.4) is 0 Å². The molecule has 0 spiro atoms. The monoisotopic (exact) mass is 251 g/mol. The summed E-state index contributed by atoms with van der Waals surface area (Å²) in [6.07, 6.45) is -0.719. The van der Waals surface area contributed by atoms with Gasteiger partial charge in [-0.2, -0.15) is 0 Å². The minimum Gasteiger partial charge on any atom is -0.481 e. The van der Waals surface area contributed by atoms with E-state index in [9.17, 15) is 14.7 Å². The predicted octanol–water partition coefficient (Wildman–Crippen LogP) is -0.730. The fourth-order valence-corrected chi connectivity index (χ4v) is 1.67. The number of rotatable bonds is 8. The molecule has 0 saturated carbocycles. The lowest BCUT2D eigenvalue weighted by atomic mass is 10.3. The highest BCUT2D eigenvalue weighted by molar-refractivity contribution is 8.00. The number of aliphatic hydroxyl groups excluding tert-OH is 1. The number of aliphatic carboxylic acids is 1. The molecule has 0 aliphatic heterocycles. The van der Waals surface area contributed by atoms with E-state index in [0.29, 0.717) is 0 Å². The third-order valence-corrected chi connectivity index (χ3v) is 2.62. The van der Waals surface area contributed by atoms with Crippen LogP contribution in [0.5, 0.6) is 0 Å². The van der Waals surface area contributed by atoms with E-state index in [1.165, 1.54) is 12.0 Å². The maximum atomic E-state index is 11.4. The molecule has 7 heteroatoms. The molecule has 2 N–H and O–H groups in total. The zero-order valence-corrected chi connectivity index (χ0v) is 10.2. The molecule has 0 aliphatic carbocycles. The van der Waals surface area contributed by atoms with Crippen LogP contribution >= 0.6 is 11.8 Å². The lowest BCUT2D eigenvalue weighted by Crippen LogP contribution is -2.37. The summed E-state index contributed by atoms with van der Waals surface area (Å²) in [6, 6.07) is 0. The maximum absolute atomic E-state index is 11.4. The summed E-state index contributed by atoms with van der Waals surface area (Å²) in [4.78, 5) is 23.0. The molecule has 0 heterocycles. The summed E-state index contributed by atoms with van der Waals surface area (Å²) in [7, 11) is 3.02. The number of nitrogens with zero attached hydrogens (tertiary/aromatic N) is 1. The van der Waals surface area contributed by atoms with Gasteiger partial charge in [-0.1, -0.05) is 0 Å². The van der Waals surface area contributed by atoms with Gasteiger partial charge in [-0.05, 0) is 0 Å². The average Bonchev–Trinajstić information content (AvgIpc) is 2.17. The molecule has 1 unspecified atom stereocenters. The topological polar surface area (TPSA) is 87.1 Å². The molecule has 0 radical (unpaired) electrons. The van der Waals surface area contributed by atoms with Gasteiger partial charge in [0.1, 0.15) is 0 Å². The number of methoxy groups -OCH3 is 1. The summed E-state index contributed by atoms with van der Waals surface area (Å²) < 4.78 is 4.73. The van der Waals surface area contributed by atoms with Crippen molar-refractivity contribution in [1.29, 1.82) is 0 Å². The van der Waals surface area contributed by atoms with Crippen LogP contribution in [0.4, 0.5) is 0 Å². The standard InChI is InChI=1S/C9H17NO5S/c1-10(3-7(11)4-15-2)8(12)5-16-6-9(13)14/h7,11H,3-6H2,1-2H3,(H,13,14). The first-order chi connectivity index (χ1) is 7.47. The smallest absolute Gasteiger partial charge is 0.313 e. The third-order valence-electron chi connectivity index (χ3n) is 1.72. The van der Waals surface area contributed by atoms with Gasteiger partial charge < -0.3 is 19.8 Å². The SMILES string of the molecule is COCC(O)CN(C)C(=O)CSCC(=O)O. The van der Waals surface area contributed by atoms with Gasteiger partial charge >= 0.3 is 5.97 Å². The first kappa shape index (κ1) is 15.2. The number of carbonyl (C=O) groups is 2. The minimum absolute atomic E-state index is 0.0970. The molecule has 16 heavy (non-hydrogen) atoms. The van der Waals surface area contributed by atoms with E-state index in [1.807, 2.05) is 0 Å². The number of amides is 1. The summed E-state index contributed by atoms with van der Waals surface area (Å²) >= 11 is 1.03. The number of hydrogen-bond donors (Lipinski definition) is 2. The van der Waals surface area contributed by atoms with E-state index < -0.39 is 12.1 Å². The van der Waals surface area contributed by atoms with Crippen molar-refractivity contribution in [2.45, 2.75) is 6.10 Å². The van der Waals surface area contributed by atoms with E-state index in [2.05, 4.69) is 0 Å². The predicted molar refractivity (Wildman–Crippen MR) is 60.5 cm³/mol. The van der Waals surface area contributed by atoms with Crippen LogP contribution in [0.1, 0.15) is 0 Å². The molecule has 0 aromatic rings. The minimum atomic E-state index is -0.945. The second-order valence-electron chi connectivity index (χ2n) is 3.27. The number of ether oxygens (including phenoxy) is 1. The van der Waals surface area contributed by atoms with Crippen LogP contribution < -0.4 is 0 Å². The number of thioether (sulfide) groups is 1. The van der Waals surface area contributed by atoms with Gasteiger partial charge in [0.05, 0.1) is 24.2 Å². The van der Waals surface area contributed by atoms with Crippen LogP contribution in [0.15, 0.2) is 0 Å². The lowest BCUT2D eigenvalue weighted by Gasteiger charge is -2.20. The Hall–Kier alpha value is -0.790. The van der Waals surface area contributed by atoms with E-state index in [4.69, 9.17) is 9.84 Å². The van der Waals surface area contributed by atoms with Crippen LogP contribution in [0, 0.1) is 0 Å². The number of aliphatic hydroxyl groups is 1.